The van der Waals surface area contributed by atoms with Gasteiger partial charge in [0.25, 0.3) is 5.91 Å². The fourth-order valence-electron chi connectivity index (χ4n) is 2.21. The number of anilines is 1. The van der Waals surface area contributed by atoms with Gasteiger partial charge in [0.05, 0.1) is 29.4 Å². The van der Waals surface area contributed by atoms with E-state index in [0.717, 1.165) is 5.52 Å². The number of hydrogen-bond acceptors (Lipinski definition) is 4. The third-order valence-corrected chi connectivity index (χ3v) is 3.33. The Hall–Kier alpha value is -3.15. The van der Waals surface area contributed by atoms with Crippen molar-refractivity contribution in [1.29, 1.82) is 0 Å². The highest BCUT2D eigenvalue weighted by atomic mass is 16.5. The molecule has 0 aliphatic carbocycles. The number of amides is 1. The fourth-order valence-corrected chi connectivity index (χ4v) is 2.21. The van der Waals surface area contributed by atoms with Gasteiger partial charge in [0.15, 0.2) is 0 Å². The van der Waals surface area contributed by atoms with Crippen LogP contribution in [0, 0.1) is 0 Å². The maximum Gasteiger partial charge on any atom is 0.338 e. The Kier molecular flexibility index (Phi) is 4.05. The summed E-state index contributed by atoms with van der Waals surface area (Å²) in [5.41, 5.74) is 2.26. The molecule has 3 rings (SSSR count). The molecule has 116 valence electrons. The van der Waals surface area contributed by atoms with E-state index in [1.54, 1.807) is 41.9 Å². The first-order chi connectivity index (χ1) is 11.2. The summed E-state index contributed by atoms with van der Waals surface area (Å²) in [6.45, 7) is 2.08. The topological polar surface area (TPSA) is 72.7 Å². The second-order valence-corrected chi connectivity index (χ2v) is 4.84. The molecule has 3 aromatic rings. The highest BCUT2D eigenvalue weighted by Crippen LogP contribution is 2.15. The SMILES string of the molecule is CCOC(=O)c1ccc(NC(=O)c2cnn3ccccc23)cc1. The molecule has 0 aliphatic heterocycles. The van der Waals surface area contributed by atoms with Crippen LogP contribution in [0.5, 0.6) is 0 Å². The molecule has 0 aliphatic rings. The summed E-state index contributed by atoms with van der Waals surface area (Å²) in [4.78, 5) is 23.9. The second-order valence-electron chi connectivity index (χ2n) is 4.84. The van der Waals surface area contributed by atoms with Crippen molar-refractivity contribution in [1.82, 2.24) is 9.61 Å². The second kappa shape index (κ2) is 6.31. The minimum Gasteiger partial charge on any atom is -0.462 e. The van der Waals surface area contributed by atoms with Crippen molar-refractivity contribution in [2.24, 2.45) is 0 Å². The molecule has 1 amide bonds. The van der Waals surface area contributed by atoms with Gasteiger partial charge in [-0.25, -0.2) is 9.31 Å². The lowest BCUT2D eigenvalue weighted by Gasteiger charge is -2.06. The molecule has 0 saturated heterocycles. The summed E-state index contributed by atoms with van der Waals surface area (Å²) in [5, 5.41) is 6.92. The lowest BCUT2D eigenvalue weighted by atomic mass is 10.2. The van der Waals surface area contributed by atoms with Crippen molar-refractivity contribution < 1.29 is 14.3 Å². The van der Waals surface area contributed by atoms with E-state index in [-0.39, 0.29) is 11.9 Å². The Balaban J connectivity index is 1.76. The van der Waals surface area contributed by atoms with Crippen molar-refractivity contribution >= 4 is 23.1 Å². The molecule has 0 fully saturated rings. The van der Waals surface area contributed by atoms with Crippen LogP contribution in [0.2, 0.25) is 0 Å². The molecule has 0 atom stereocenters. The lowest BCUT2D eigenvalue weighted by molar-refractivity contribution is 0.0526. The maximum absolute atomic E-state index is 12.4. The average molecular weight is 309 g/mol. The van der Waals surface area contributed by atoms with Gasteiger partial charge in [0, 0.05) is 11.9 Å². The number of ether oxygens (including phenoxy) is 1. The molecule has 2 aromatic heterocycles. The Morgan fingerprint density at radius 3 is 2.70 bits per heavy atom. The molecule has 0 saturated carbocycles. The minimum atomic E-state index is -0.381. The Labute approximate surface area is 132 Å². The molecular formula is C17H15N3O3. The normalized spacial score (nSPS) is 10.5. The van der Waals surface area contributed by atoms with Gasteiger partial charge in [-0.1, -0.05) is 6.07 Å². The van der Waals surface area contributed by atoms with Crippen molar-refractivity contribution in [2.75, 3.05) is 11.9 Å². The van der Waals surface area contributed by atoms with Gasteiger partial charge < -0.3 is 10.1 Å². The first-order valence-corrected chi connectivity index (χ1v) is 7.20. The van der Waals surface area contributed by atoms with Crippen LogP contribution in [0.3, 0.4) is 0 Å². The van der Waals surface area contributed by atoms with Crippen LogP contribution in [-0.2, 0) is 4.74 Å². The Morgan fingerprint density at radius 1 is 1.17 bits per heavy atom. The predicted octanol–water partition coefficient (Wildman–Crippen LogP) is 2.76. The van der Waals surface area contributed by atoms with Gasteiger partial charge in [-0.15, -0.1) is 0 Å². The zero-order valence-corrected chi connectivity index (χ0v) is 12.5. The van der Waals surface area contributed by atoms with Crippen molar-refractivity contribution in [3.05, 3.63) is 66.0 Å². The predicted molar refractivity (Wildman–Crippen MR) is 85.5 cm³/mol. The Morgan fingerprint density at radius 2 is 1.96 bits per heavy atom. The number of carbonyl (C=O) groups excluding carboxylic acids is 2. The summed E-state index contributed by atoms with van der Waals surface area (Å²) in [6, 6.07) is 12.1. The molecule has 0 unspecified atom stereocenters. The van der Waals surface area contributed by atoms with Gasteiger partial charge >= 0.3 is 5.97 Å². The van der Waals surface area contributed by atoms with E-state index < -0.39 is 0 Å². The number of esters is 1. The molecule has 2 heterocycles. The third-order valence-electron chi connectivity index (χ3n) is 3.33. The van der Waals surface area contributed by atoms with Crippen molar-refractivity contribution in [3.63, 3.8) is 0 Å². The molecule has 6 nitrogen and oxygen atoms in total. The summed E-state index contributed by atoms with van der Waals surface area (Å²) in [7, 11) is 0. The fraction of sp³-hybridized carbons (Fsp3) is 0.118. The van der Waals surface area contributed by atoms with Crippen LogP contribution in [0.15, 0.2) is 54.9 Å². The van der Waals surface area contributed by atoms with Gasteiger partial charge in [-0.3, -0.25) is 4.79 Å². The number of rotatable bonds is 4. The first kappa shape index (κ1) is 14.8. The van der Waals surface area contributed by atoms with Crippen LogP contribution in [-0.4, -0.2) is 28.1 Å². The smallest absolute Gasteiger partial charge is 0.338 e. The number of pyridine rings is 1. The highest BCUT2D eigenvalue weighted by molar-refractivity contribution is 6.08. The zero-order valence-electron chi connectivity index (χ0n) is 12.5. The van der Waals surface area contributed by atoms with E-state index in [4.69, 9.17) is 4.74 Å². The van der Waals surface area contributed by atoms with Gasteiger partial charge in [0.2, 0.25) is 0 Å². The molecule has 0 spiro atoms. The summed E-state index contributed by atoms with van der Waals surface area (Å²) in [5.74, 6) is -0.636. The van der Waals surface area contributed by atoms with Crippen molar-refractivity contribution in [3.8, 4) is 0 Å². The van der Waals surface area contributed by atoms with Crippen LogP contribution >= 0.6 is 0 Å². The summed E-state index contributed by atoms with van der Waals surface area (Å²) < 4.78 is 6.56. The van der Waals surface area contributed by atoms with Crippen LogP contribution < -0.4 is 5.32 Å². The molecule has 0 bridgehead atoms. The van der Waals surface area contributed by atoms with Crippen LogP contribution in [0.4, 0.5) is 5.69 Å². The molecular weight excluding hydrogens is 294 g/mol. The van der Waals surface area contributed by atoms with E-state index in [2.05, 4.69) is 10.4 Å². The molecule has 23 heavy (non-hydrogen) atoms. The largest absolute Gasteiger partial charge is 0.462 e. The molecule has 1 aromatic carbocycles. The average Bonchev–Trinajstić information content (AvgIpc) is 3.00. The monoisotopic (exact) mass is 309 g/mol. The maximum atomic E-state index is 12.4. The standard InChI is InChI=1S/C17H15N3O3/c1-2-23-17(22)12-6-8-13(9-7-12)19-16(21)14-11-18-20-10-4-3-5-15(14)20/h3-11H,2H2,1H3,(H,19,21). The number of fused-ring (bicyclic) bond motifs is 1. The van der Waals surface area contributed by atoms with E-state index in [9.17, 15) is 9.59 Å². The molecule has 1 N–H and O–H groups in total. The zero-order chi connectivity index (χ0) is 16.2. The number of nitrogens with one attached hydrogen (secondary N) is 1. The summed E-state index contributed by atoms with van der Waals surface area (Å²) in [6.07, 6.45) is 3.30. The van der Waals surface area contributed by atoms with E-state index in [1.165, 1.54) is 6.20 Å². The van der Waals surface area contributed by atoms with Crippen LogP contribution in [0.25, 0.3) is 5.52 Å². The number of benzene rings is 1. The molecule has 0 radical (unpaired) electrons. The van der Waals surface area contributed by atoms with Gasteiger partial charge in [-0.05, 0) is 43.3 Å². The summed E-state index contributed by atoms with van der Waals surface area (Å²) >= 11 is 0. The molecule has 6 heteroatoms. The lowest BCUT2D eigenvalue weighted by Crippen LogP contribution is -2.12. The van der Waals surface area contributed by atoms with E-state index >= 15 is 0 Å². The van der Waals surface area contributed by atoms with E-state index in [1.807, 2.05) is 18.2 Å². The number of nitrogens with zero attached hydrogens (tertiary/aromatic N) is 2. The first-order valence-electron chi connectivity index (χ1n) is 7.20. The van der Waals surface area contributed by atoms with Crippen LogP contribution in [0.1, 0.15) is 27.6 Å². The van der Waals surface area contributed by atoms with E-state index in [0.29, 0.717) is 23.4 Å². The van der Waals surface area contributed by atoms with Crippen molar-refractivity contribution in [2.45, 2.75) is 6.92 Å². The Bertz CT molecular complexity index is 853. The number of aromatic nitrogens is 2. The minimum absolute atomic E-state index is 0.255. The quantitative estimate of drug-likeness (QED) is 0.752. The highest BCUT2D eigenvalue weighted by Gasteiger charge is 2.13. The third kappa shape index (κ3) is 3.06. The number of carbonyl (C=O) groups is 2. The van der Waals surface area contributed by atoms with Gasteiger partial charge in [0.1, 0.15) is 0 Å². The van der Waals surface area contributed by atoms with Gasteiger partial charge in [-0.2, -0.15) is 5.10 Å². The number of hydrogen-bond donors (Lipinski definition) is 1.